The molecule has 116 valence electrons. The molecule has 1 unspecified atom stereocenters. The number of hydrogen-bond donors (Lipinski definition) is 1. The van der Waals surface area contributed by atoms with Gasteiger partial charge in [-0.1, -0.05) is 33.1 Å². The van der Waals surface area contributed by atoms with E-state index in [9.17, 15) is 14.4 Å². The van der Waals surface area contributed by atoms with Gasteiger partial charge in [0.2, 0.25) is 6.10 Å². The molecule has 0 aliphatic carbocycles. The smallest absolute Gasteiger partial charge is 0.348 e. The van der Waals surface area contributed by atoms with E-state index in [1.165, 1.54) is 0 Å². The molecule has 0 saturated carbocycles. The molecule has 0 aromatic rings. The summed E-state index contributed by atoms with van der Waals surface area (Å²) in [5, 5.41) is 8.72. The average Bonchev–Trinajstić information content (AvgIpc) is 2.37. The van der Waals surface area contributed by atoms with Crippen LogP contribution in [0.1, 0.15) is 58.8 Å². The second-order valence-corrected chi connectivity index (χ2v) is 4.55. The summed E-state index contributed by atoms with van der Waals surface area (Å²) in [5.41, 5.74) is 0. The molecule has 6 heteroatoms. The van der Waals surface area contributed by atoms with Crippen molar-refractivity contribution in [1.29, 1.82) is 0 Å². The molecular formula is C14H24O6. The fourth-order valence-electron chi connectivity index (χ4n) is 1.55. The lowest BCUT2D eigenvalue weighted by atomic mass is 10.2. The van der Waals surface area contributed by atoms with Gasteiger partial charge in [0.25, 0.3) is 0 Å². The van der Waals surface area contributed by atoms with Gasteiger partial charge in [-0.2, -0.15) is 0 Å². The Balaban J connectivity index is 4.20. The first kappa shape index (κ1) is 18.4. The Morgan fingerprint density at radius 1 is 1.05 bits per heavy atom. The number of carbonyl (C=O) groups is 3. The third kappa shape index (κ3) is 9.35. The van der Waals surface area contributed by atoms with E-state index >= 15 is 0 Å². The fourth-order valence-corrected chi connectivity index (χ4v) is 1.55. The second kappa shape index (κ2) is 11.3. The molecule has 0 radical (unpaired) electrons. The largest absolute Gasteiger partial charge is 0.481 e. The van der Waals surface area contributed by atoms with Crippen LogP contribution in [0.5, 0.6) is 0 Å². The van der Waals surface area contributed by atoms with Crippen molar-refractivity contribution in [3.8, 4) is 0 Å². The number of hydrogen-bond acceptors (Lipinski definition) is 5. The molecule has 0 aliphatic heterocycles. The van der Waals surface area contributed by atoms with Crippen LogP contribution >= 0.6 is 0 Å². The minimum atomic E-state index is -1.35. The Morgan fingerprint density at radius 3 is 2.30 bits per heavy atom. The predicted octanol–water partition coefficient (Wildman–Crippen LogP) is 2.30. The highest BCUT2D eigenvalue weighted by Gasteiger charge is 2.27. The molecule has 0 heterocycles. The molecule has 0 fully saturated rings. The predicted molar refractivity (Wildman–Crippen MR) is 72.1 cm³/mol. The lowest BCUT2D eigenvalue weighted by Gasteiger charge is -2.15. The Morgan fingerprint density at radius 2 is 1.75 bits per heavy atom. The molecule has 0 amide bonds. The SMILES string of the molecule is CCCCCCOC(=O)C(CC(=O)O)OC(=O)CCC. The van der Waals surface area contributed by atoms with Crippen molar-refractivity contribution in [3.63, 3.8) is 0 Å². The maximum atomic E-state index is 11.7. The van der Waals surface area contributed by atoms with Gasteiger partial charge in [-0.25, -0.2) is 4.79 Å². The molecule has 0 spiro atoms. The zero-order valence-electron chi connectivity index (χ0n) is 12.2. The summed E-state index contributed by atoms with van der Waals surface area (Å²) < 4.78 is 9.80. The second-order valence-electron chi connectivity index (χ2n) is 4.55. The molecule has 0 aliphatic rings. The van der Waals surface area contributed by atoms with Gasteiger partial charge < -0.3 is 14.6 Å². The fraction of sp³-hybridized carbons (Fsp3) is 0.786. The van der Waals surface area contributed by atoms with E-state index in [0.29, 0.717) is 6.42 Å². The van der Waals surface area contributed by atoms with E-state index in [4.69, 9.17) is 14.6 Å². The Kier molecular flexibility index (Phi) is 10.4. The van der Waals surface area contributed by atoms with Crippen molar-refractivity contribution in [2.75, 3.05) is 6.61 Å². The first-order valence-electron chi connectivity index (χ1n) is 7.09. The molecule has 1 atom stereocenters. The maximum absolute atomic E-state index is 11.7. The lowest BCUT2D eigenvalue weighted by molar-refractivity contribution is -0.171. The molecule has 20 heavy (non-hydrogen) atoms. The van der Waals surface area contributed by atoms with Crippen molar-refractivity contribution >= 4 is 17.9 Å². The minimum absolute atomic E-state index is 0.153. The van der Waals surface area contributed by atoms with Crippen molar-refractivity contribution in [2.24, 2.45) is 0 Å². The normalized spacial score (nSPS) is 11.7. The molecule has 0 aromatic carbocycles. The summed E-state index contributed by atoms with van der Waals surface area (Å²) in [5.74, 6) is -2.57. The summed E-state index contributed by atoms with van der Waals surface area (Å²) in [6.07, 6.45) is 2.61. The molecule has 0 rings (SSSR count). The zero-order chi connectivity index (χ0) is 15.4. The van der Waals surface area contributed by atoms with Gasteiger partial charge in [-0.05, 0) is 12.8 Å². The topological polar surface area (TPSA) is 89.9 Å². The molecule has 0 aromatic heterocycles. The van der Waals surface area contributed by atoms with Crippen molar-refractivity contribution in [3.05, 3.63) is 0 Å². The zero-order valence-corrected chi connectivity index (χ0v) is 12.2. The van der Waals surface area contributed by atoms with Gasteiger partial charge in [0, 0.05) is 6.42 Å². The van der Waals surface area contributed by atoms with E-state index in [2.05, 4.69) is 6.92 Å². The van der Waals surface area contributed by atoms with Gasteiger partial charge in [-0.3, -0.25) is 9.59 Å². The summed E-state index contributed by atoms with van der Waals surface area (Å²) >= 11 is 0. The summed E-state index contributed by atoms with van der Waals surface area (Å²) in [7, 11) is 0. The first-order chi connectivity index (χ1) is 9.51. The Bertz CT molecular complexity index is 313. The van der Waals surface area contributed by atoms with Crippen LogP contribution in [0.4, 0.5) is 0 Å². The number of rotatable bonds is 11. The maximum Gasteiger partial charge on any atom is 0.348 e. The minimum Gasteiger partial charge on any atom is -0.481 e. The number of ether oxygens (including phenoxy) is 2. The summed E-state index contributed by atoms with van der Waals surface area (Å²) in [6.45, 7) is 4.09. The van der Waals surface area contributed by atoms with Crippen molar-refractivity contribution in [1.82, 2.24) is 0 Å². The van der Waals surface area contributed by atoms with E-state index < -0.39 is 30.4 Å². The van der Waals surface area contributed by atoms with Gasteiger partial charge in [-0.15, -0.1) is 0 Å². The van der Waals surface area contributed by atoms with Crippen LogP contribution in [-0.4, -0.2) is 35.7 Å². The highest BCUT2D eigenvalue weighted by Crippen LogP contribution is 2.07. The van der Waals surface area contributed by atoms with E-state index in [1.54, 1.807) is 6.92 Å². The average molecular weight is 288 g/mol. The highest BCUT2D eigenvalue weighted by molar-refractivity contribution is 5.83. The van der Waals surface area contributed by atoms with Crippen molar-refractivity contribution in [2.45, 2.75) is 64.9 Å². The first-order valence-corrected chi connectivity index (χ1v) is 7.09. The van der Waals surface area contributed by atoms with Crippen molar-refractivity contribution < 1.29 is 29.0 Å². The van der Waals surface area contributed by atoms with Gasteiger partial charge in [0.15, 0.2) is 0 Å². The van der Waals surface area contributed by atoms with Gasteiger partial charge in [0.05, 0.1) is 13.0 Å². The number of carboxylic acids is 1. The van der Waals surface area contributed by atoms with Crippen LogP contribution in [0.3, 0.4) is 0 Å². The number of unbranched alkanes of at least 4 members (excludes halogenated alkanes) is 3. The van der Waals surface area contributed by atoms with Gasteiger partial charge in [0.1, 0.15) is 0 Å². The Hall–Kier alpha value is -1.59. The quantitative estimate of drug-likeness (QED) is 0.463. The Labute approximate surface area is 119 Å². The molecule has 6 nitrogen and oxygen atoms in total. The number of esters is 2. The molecule has 1 N–H and O–H groups in total. The van der Waals surface area contributed by atoms with E-state index in [1.807, 2.05) is 0 Å². The van der Waals surface area contributed by atoms with E-state index in [-0.39, 0.29) is 13.0 Å². The monoisotopic (exact) mass is 288 g/mol. The highest BCUT2D eigenvalue weighted by atomic mass is 16.6. The van der Waals surface area contributed by atoms with Crippen LogP contribution in [0.25, 0.3) is 0 Å². The summed E-state index contributed by atoms with van der Waals surface area (Å²) in [4.78, 5) is 33.7. The van der Waals surface area contributed by atoms with Crippen LogP contribution < -0.4 is 0 Å². The third-order valence-corrected chi connectivity index (χ3v) is 2.59. The molecular weight excluding hydrogens is 264 g/mol. The number of aliphatic carboxylic acids is 1. The van der Waals surface area contributed by atoms with Crippen LogP contribution in [0.15, 0.2) is 0 Å². The van der Waals surface area contributed by atoms with Crippen LogP contribution in [-0.2, 0) is 23.9 Å². The third-order valence-electron chi connectivity index (χ3n) is 2.59. The van der Waals surface area contributed by atoms with Gasteiger partial charge >= 0.3 is 17.9 Å². The number of carboxylic acid groups (broad SMARTS) is 1. The summed E-state index contributed by atoms with van der Waals surface area (Å²) in [6, 6.07) is 0. The van der Waals surface area contributed by atoms with Crippen LogP contribution in [0.2, 0.25) is 0 Å². The van der Waals surface area contributed by atoms with Crippen LogP contribution in [0, 0.1) is 0 Å². The molecule has 0 saturated heterocycles. The number of carbonyl (C=O) groups excluding carboxylic acids is 2. The van der Waals surface area contributed by atoms with E-state index in [0.717, 1.165) is 25.7 Å². The standard InChI is InChI=1S/C14H24O6/c1-3-5-6-7-9-19-14(18)11(10-12(15)16)20-13(17)8-4-2/h11H,3-10H2,1-2H3,(H,15,16). The lowest BCUT2D eigenvalue weighted by Crippen LogP contribution is -2.31. The molecule has 0 bridgehead atoms.